The Hall–Kier alpha value is -1.84. The number of carboxylic acids is 2. The molecule has 0 fully saturated rings. The number of hydrogen-bond acceptors (Lipinski definition) is 2. The maximum atomic E-state index is 10.8. The Bertz CT molecular complexity index is 638. The minimum atomic E-state index is -0.728. The number of aliphatic carboxylic acids is 2. The van der Waals surface area contributed by atoms with Gasteiger partial charge in [-0.1, -0.05) is 82.9 Å². The van der Waals surface area contributed by atoms with Crippen molar-refractivity contribution in [3.8, 4) is 0 Å². The number of aryl methyl sites for hydroxylation is 2. The monoisotopic (exact) mass is 446 g/mol. The summed E-state index contributed by atoms with van der Waals surface area (Å²) in [6, 6.07) is 6.55. The summed E-state index contributed by atoms with van der Waals surface area (Å²) in [6.45, 7) is 2.26. The quantitative estimate of drug-likeness (QED) is 0.189. The van der Waals surface area contributed by atoms with Gasteiger partial charge in [-0.2, -0.15) is 0 Å². The molecule has 1 rings (SSSR count). The van der Waals surface area contributed by atoms with E-state index < -0.39 is 11.9 Å². The minimum Gasteiger partial charge on any atom is -0.481 e. The third kappa shape index (κ3) is 14.3. The SMILES string of the molecule is CCCCCCCCCCCCc1cccc(CCCCC(=O)O)c1CCCCC(=O)O. The van der Waals surface area contributed by atoms with Crippen LogP contribution < -0.4 is 0 Å². The molecule has 0 aliphatic carbocycles. The minimum absolute atomic E-state index is 0.228. The van der Waals surface area contributed by atoms with Gasteiger partial charge in [-0.05, 0) is 68.1 Å². The smallest absolute Gasteiger partial charge is 0.303 e. The van der Waals surface area contributed by atoms with Crippen molar-refractivity contribution in [2.45, 2.75) is 129 Å². The first-order valence-corrected chi connectivity index (χ1v) is 13.1. The van der Waals surface area contributed by atoms with Crippen LogP contribution in [0.25, 0.3) is 0 Å². The molecular formula is C28H46O4. The number of carboxylic acid groups (broad SMARTS) is 2. The van der Waals surface area contributed by atoms with Gasteiger partial charge in [0, 0.05) is 12.8 Å². The van der Waals surface area contributed by atoms with Gasteiger partial charge in [0.25, 0.3) is 0 Å². The predicted octanol–water partition coefficient (Wildman–Crippen LogP) is 7.74. The van der Waals surface area contributed by atoms with E-state index in [1.807, 2.05) is 0 Å². The third-order valence-corrected chi connectivity index (χ3v) is 6.32. The topological polar surface area (TPSA) is 74.6 Å². The molecule has 0 saturated heterocycles. The molecule has 0 aliphatic rings. The molecule has 1 aromatic carbocycles. The lowest BCUT2D eigenvalue weighted by atomic mass is 9.90. The third-order valence-electron chi connectivity index (χ3n) is 6.32. The summed E-state index contributed by atoms with van der Waals surface area (Å²) < 4.78 is 0. The average molecular weight is 447 g/mol. The number of unbranched alkanes of at least 4 members (excludes halogenated alkanes) is 11. The fourth-order valence-electron chi connectivity index (χ4n) is 4.45. The Balaban J connectivity index is 2.48. The van der Waals surface area contributed by atoms with E-state index in [0.717, 1.165) is 32.1 Å². The Labute approximate surface area is 195 Å². The lowest BCUT2D eigenvalue weighted by molar-refractivity contribution is -0.138. The highest BCUT2D eigenvalue weighted by molar-refractivity contribution is 5.66. The lowest BCUT2D eigenvalue weighted by Crippen LogP contribution is -2.03. The first-order valence-electron chi connectivity index (χ1n) is 13.1. The molecule has 0 amide bonds. The standard InChI is InChI=1S/C28H46O4/c1-2-3-4-5-6-7-8-9-10-11-17-24-19-16-20-25(18-12-14-22-27(29)30)26(24)21-13-15-23-28(31)32/h16,19-20H,2-15,17-18,21-23H2,1H3,(H,29,30)(H,31,32). The zero-order chi connectivity index (χ0) is 23.4. The summed E-state index contributed by atoms with van der Waals surface area (Å²) in [5.74, 6) is -1.45. The predicted molar refractivity (Wildman–Crippen MR) is 132 cm³/mol. The second kappa shape index (κ2) is 18.7. The zero-order valence-electron chi connectivity index (χ0n) is 20.4. The molecule has 0 unspecified atom stereocenters. The molecule has 0 atom stereocenters. The van der Waals surface area contributed by atoms with E-state index in [1.54, 1.807) is 0 Å². The Morgan fingerprint density at radius 3 is 1.47 bits per heavy atom. The summed E-state index contributed by atoms with van der Waals surface area (Å²) in [4.78, 5) is 21.6. The molecule has 4 heteroatoms. The van der Waals surface area contributed by atoms with Crippen molar-refractivity contribution >= 4 is 11.9 Å². The number of carbonyl (C=O) groups is 2. The Kier molecular flexibility index (Phi) is 16.5. The highest BCUT2D eigenvalue weighted by atomic mass is 16.4. The van der Waals surface area contributed by atoms with Gasteiger partial charge in [-0.3, -0.25) is 9.59 Å². The highest BCUT2D eigenvalue weighted by Crippen LogP contribution is 2.23. The van der Waals surface area contributed by atoms with Crippen LogP contribution in [0.4, 0.5) is 0 Å². The van der Waals surface area contributed by atoms with Crippen molar-refractivity contribution in [2.24, 2.45) is 0 Å². The van der Waals surface area contributed by atoms with E-state index in [2.05, 4.69) is 25.1 Å². The molecule has 0 aromatic heterocycles. The molecule has 0 aliphatic heterocycles. The maximum absolute atomic E-state index is 10.8. The molecule has 0 radical (unpaired) electrons. The largest absolute Gasteiger partial charge is 0.481 e. The van der Waals surface area contributed by atoms with Crippen LogP contribution in [-0.4, -0.2) is 22.2 Å². The maximum Gasteiger partial charge on any atom is 0.303 e. The highest BCUT2D eigenvalue weighted by Gasteiger charge is 2.10. The molecule has 0 bridgehead atoms. The fourth-order valence-corrected chi connectivity index (χ4v) is 4.45. The number of hydrogen-bond donors (Lipinski definition) is 2. The second-order valence-corrected chi connectivity index (χ2v) is 9.19. The van der Waals surface area contributed by atoms with E-state index in [-0.39, 0.29) is 12.8 Å². The van der Waals surface area contributed by atoms with Crippen molar-refractivity contribution in [3.63, 3.8) is 0 Å². The molecule has 0 heterocycles. The summed E-state index contributed by atoms with van der Waals surface area (Å²) in [7, 11) is 0. The van der Waals surface area contributed by atoms with Crippen molar-refractivity contribution in [3.05, 3.63) is 34.9 Å². The first kappa shape index (κ1) is 28.2. The summed E-state index contributed by atoms with van der Waals surface area (Å²) in [6.07, 6.45) is 19.9. The van der Waals surface area contributed by atoms with Crippen LogP contribution in [0.1, 0.15) is 126 Å². The Morgan fingerprint density at radius 2 is 1.00 bits per heavy atom. The van der Waals surface area contributed by atoms with E-state index in [0.29, 0.717) is 12.8 Å². The van der Waals surface area contributed by atoms with Crippen LogP contribution in [0.5, 0.6) is 0 Å². The first-order chi connectivity index (χ1) is 15.5. The van der Waals surface area contributed by atoms with Crippen LogP contribution in [0.3, 0.4) is 0 Å². The Morgan fingerprint density at radius 1 is 0.594 bits per heavy atom. The summed E-state index contributed by atoms with van der Waals surface area (Å²) in [5.41, 5.74) is 4.13. The van der Waals surface area contributed by atoms with E-state index in [1.165, 1.54) is 80.9 Å². The lowest BCUT2D eigenvalue weighted by Gasteiger charge is -2.15. The van der Waals surface area contributed by atoms with Crippen LogP contribution in [-0.2, 0) is 28.9 Å². The average Bonchev–Trinajstić information content (AvgIpc) is 2.76. The van der Waals surface area contributed by atoms with Gasteiger partial charge in [-0.15, -0.1) is 0 Å². The zero-order valence-corrected chi connectivity index (χ0v) is 20.4. The van der Waals surface area contributed by atoms with Gasteiger partial charge in [0.05, 0.1) is 0 Å². The molecule has 1 aromatic rings. The number of benzene rings is 1. The van der Waals surface area contributed by atoms with Crippen LogP contribution in [0, 0.1) is 0 Å². The molecule has 0 saturated carbocycles. The van der Waals surface area contributed by atoms with Crippen LogP contribution in [0.15, 0.2) is 18.2 Å². The van der Waals surface area contributed by atoms with Crippen molar-refractivity contribution in [2.75, 3.05) is 0 Å². The van der Waals surface area contributed by atoms with Gasteiger partial charge < -0.3 is 10.2 Å². The van der Waals surface area contributed by atoms with Crippen LogP contribution in [0.2, 0.25) is 0 Å². The molecule has 182 valence electrons. The molecule has 4 nitrogen and oxygen atoms in total. The van der Waals surface area contributed by atoms with Gasteiger partial charge in [0.1, 0.15) is 0 Å². The van der Waals surface area contributed by atoms with Gasteiger partial charge in [-0.25, -0.2) is 0 Å². The van der Waals surface area contributed by atoms with Crippen molar-refractivity contribution in [1.29, 1.82) is 0 Å². The molecular weight excluding hydrogens is 400 g/mol. The van der Waals surface area contributed by atoms with Gasteiger partial charge >= 0.3 is 11.9 Å². The molecule has 0 spiro atoms. The van der Waals surface area contributed by atoms with Gasteiger partial charge in [0.2, 0.25) is 0 Å². The fraction of sp³-hybridized carbons (Fsp3) is 0.714. The van der Waals surface area contributed by atoms with E-state index in [4.69, 9.17) is 10.2 Å². The molecule has 32 heavy (non-hydrogen) atoms. The summed E-state index contributed by atoms with van der Waals surface area (Å²) >= 11 is 0. The normalized spacial score (nSPS) is 11.0. The van der Waals surface area contributed by atoms with E-state index in [9.17, 15) is 9.59 Å². The molecule has 2 N–H and O–H groups in total. The van der Waals surface area contributed by atoms with Crippen molar-refractivity contribution in [1.82, 2.24) is 0 Å². The summed E-state index contributed by atoms with van der Waals surface area (Å²) in [5, 5.41) is 17.8. The van der Waals surface area contributed by atoms with Crippen LogP contribution >= 0.6 is 0 Å². The second-order valence-electron chi connectivity index (χ2n) is 9.19. The van der Waals surface area contributed by atoms with Gasteiger partial charge in [0.15, 0.2) is 0 Å². The number of rotatable bonds is 21. The van der Waals surface area contributed by atoms with E-state index >= 15 is 0 Å². The van der Waals surface area contributed by atoms with Crippen molar-refractivity contribution < 1.29 is 19.8 Å².